The molecule has 3 aromatic rings. The number of carbonyl (C=O) groups excluding carboxylic acids is 2. The van der Waals surface area contributed by atoms with E-state index in [2.05, 4.69) is 10.3 Å². The number of morpholine rings is 1. The Morgan fingerprint density at radius 2 is 1.89 bits per heavy atom. The standard InChI is InChI=1S/C25H29N5O5S2/c1-4-29-20-10-9-17(37(33,34)28-11-13-35-14-12-28)15-19(20)27-24(29)36-16-22(31)30-21-8-6-5-7-18(21)26-23(32)25(30,2)3/h5-10,15H,4,11-14,16H2,1-3H3,(H,26,32). The number of amides is 2. The third kappa shape index (κ3) is 4.52. The number of nitrogens with one attached hydrogen (secondary N) is 1. The van der Waals surface area contributed by atoms with Crippen LogP contribution in [-0.4, -0.2) is 71.7 Å². The number of benzene rings is 2. The van der Waals surface area contributed by atoms with Gasteiger partial charge in [-0.2, -0.15) is 4.31 Å². The Morgan fingerprint density at radius 3 is 2.62 bits per heavy atom. The number of hydrogen-bond acceptors (Lipinski definition) is 7. The van der Waals surface area contributed by atoms with Crippen molar-refractivity contribution < 1.29 is 22.7 Å². The summed E-state index contributed by atoms with van der Waals surface area (Å²) in [6.45, 7) is 7.41. The van der Waals surface area contributed by atoms with Gasteiger partial charge in [-0.15, -0.1) is 0 Å². The molecule has 196 valence electrons. The number of aryl methyl sites for hydroxylation is 1. The first-order valence-corrected chi connectivity index (χ1v) is 14.5. The normalized spacial score (nSPS) is 18.0. The smallest absolute Gasteiger partial charge is 0.250 e. The largest absolute Gasteiger partial charge is 0.379 e. The fraction of sp³-hybridized carbons (Fsp3) is 0.400. The molecule has 5 rings (SSSR count). The first-order valence-electron chi connectivity index (χ1n) is 12.1. The van der Waals surface area contributed by atoms with Gasteiger partial charge in [-0.05, 0) is 51.1 Å². The zero-order valence-corrected chi connectivity index (χ0v) is 22.6. The van der Waals surface area contributed by atoms with E-state index in [0.29, 0.717) is 54.9 Å². The molecule has 1 saturated heterocycles. The summed E-state index contributed by atoms with van der Waals surface area (Å²) in [5.41, 5.74) is 1.54. The lowest BCUT2D eigenvalue weighted by molar-refractivity contribution is -0.125. The van der Waals surface area contributed by atoms with Crippen molar-refractivity contribution >= 4 is 56.0 Å². The van der Waals surface area contributed by atoms with E-state index in [4.69, 9.17) is 4.74 Å². The maximum Gasteiger partial charge on any atom is 0.250 e. The molecular formula is C25H29N5O5S2. The molecule has 12 heteroatoms. The summed E-state index contributed by atoms with van der Waals surface area (Å²) in [6, 6.07) is 12.2. The van der Waals surface area contributed by atoms with E-state index >= 15 is 0 Å². The third-order valence-corrected chi connectivity index (χ3v) is 9.55. The van der Waals surface area contributed by atoms with Crippen molar-refractivity contribution in [1.82, 2.24) is 13.9 Å². The number of ether oxygens (including phenoxy) is 1. The molecule has 37 heavy (non-hydrogen) atoms. The first-order chi connectivity index (χ1) is 17.6. The van der Waals surface area contributed by atoms with Gasteiger partial charge in [0.15, 0.2) is 5.16 Å². The lowest BCUT2D eigenvalue weighted by atomic mass is 9.96. The second-order valence-corrected chi connectivity index (χ2v) is 12.2. The van der Waals surface area contributed by atoms with Gasteiger partial charge in [-0.3, -0.25) is 14.5 Å². The highest BCUT2D eigenvalue weighted by Crippen LogP contribution is 2.37. The van der Waals surface area contributed by atoms with Crippen molar-refractivity contribution in [1.29, 1.82) is 0 Å². The number of sulfonamides is 1. The topological polar surface area (TPSA) is 114 Å². The second-order valence-electron chi connectivity index (χ2n) is 9.35. The minimum Gasteiger partial charge on any atom is -0.379 e. The Morgan fingerprint density at radius 1 is 1.16 bits per heavy atom. The summed E-state index contributed by atoms with van der Waals surface area (Å²) in [5.74, 6) is -0.408. The molecule has 1 N–H and O–H groups in total. The monoisotopic (exact) mass is 543 g/mol. The van der Waals surface area contributed by atoms with Crippen LogP contribution in [0, 0.1) is 0 Å². The Balaban J connectivity index is 1.41. The van der Waals surface area contributed by atoms with Crippen LogP contribution >= 0.6 is 11.8 Å². The van der Waals surface area contributed by atoms with Crippen LogP contribution in [0.1, 0.15) is 20.8 Å². The molecule has 0 aliphatic carbocycles. The number of imidazole rings is 1. The van der Waals surface area contributed by atoms with Crippen LogP contribution in [-0.2, 0) is 30.9 Å². The zero-order valence-electron chi connectivity index (χ0n) is 20.9. The molecule has 2 aliphatic rings. The van der Waals surface area contributed by atoms with Crippen molar-refractivity contribution in [2.45, 2.75) is 42.9 Å². The molecule has 10 nitrogen and oxygen atoms in total. The number of anilines is 2. The van der Waals surface area contributed by atoms with Crippen LogP contribution in [0.3, 0.4) is 0 Å². The number of rotatable bonds is 6. The molecule has 3 heterocycles. The minimum atomic E-state index is -3.65. The average Bonchev–Trinajstić information content (AvgIpc) is 3.25. The third-order valence-electron chi connectivity index (χ3n) is 6.69. The van der Waals surface area contributed by atoms with Crippen molar-refractivity contribution in [3.63, 3.8) is 0 Å². The van der Waals surface area contributed by atoms with Crippen molar-refractivity contribution in [2.75, 3.05) is 42.3 Å². The molecule has 0 atom stereocenters. The van der Waals surface area contributed by atoms with Crippen molar-refractivity contribution in [2.24, 2.45) is 0 Å². The van der Waals surface area contributed by atoms with E-state index in [0.717, 1.165) is 5.52 Å². The maximum atomic E-state index is 13.5. The Hall–Kier alpha value is -2.93. The Kier molecular flexibility index (Phi) is 6.77. The molecule has 1 aromatic heterocycles. The van der Waals surface area contributed by atoms with Gasteiger partial charge in [-0.1, -0.05) is 23.9 Å². The van der Waals surface area contributed by atoms with Gasteiger partial charge >= 0.3 is 0 Å². The summed E-state index contributed by atoms with van der Waals surface area (Å²) in [4.78, 5) is 32.6. The molecule has 0 bridgehead atoms. The molecule has 1 fully saturated rings. The first kappa shape index (κ1) is 25.7. The number of para-hydroxylation sites is 2. The van der Waals surface area contributed by atoms with Crippen LogP contribution in [0.15, 0.2) is 52.5 Å². The molecular weight excluding hydrogens is 514 g/mol. The van der Waals surface area contributed by atoms with Crippen LogP contribution in [0.25, 0.3) is 11.0 Å². The van der Waals surface area contributed by atoms with E-state index in [1.807, 2.05) is 29.7 Å². The van der Waals surface area contributed by atoms with Crippen LogP contribution in [0.4, 0.5) is 11.4 Å². The number of aromatic nitrogens is 2. The summed E-state index contributed by atoms with van der Waals surface area (Å²) < 4.78 is 34.9. The van der Waals surface area contributed by atoms with Crippen molar-refractivity contribution in [3.8, 4) is 0 Å². The average molecular weight is 544 g/mol. The Labute approximate surface area is 220 Å². The van der Waals surface area contributed by atoms with E-state index in [1.165, 1.54) is 16.1 Å². The molecule has 2 amide bonds. The van der Waals surface area contributed by atoms with Crippen LogP contribution in [0.5, 0.6) is 0 Å². The van der Waals surface area contributed by atoms with E-state index in [9.17, 15) is 18.0 Å². The molecule has 0 saturated carbocycles. The Bertz CT molecular complexity index is 1480. The maximum absolute atomic E-state index is 13.5. The fourth-order valence-electron chi connectivity index (χ4n) is 4.69. The summed E-state index contributed by atoms with van der Waals surface area (Å²) in [5, 5.41) is 3.48. The lowest BCUT2D eigenvalue weighted by Crippen LogP contribution is -2.59. The summed E-state index contributed by atoms with van der Waals surface area (Å²) in [7, 11) is -3.65. The molecule has 2 aliphatic heterocycles. The van der Waals surface area contributed by atoms with Gasteiger partial charge in [0.05, 0.1) is 46.3 Å². The highest BCUT2D eigenvalue weighted by molar-refractivity contribution is 7.99. The number of hydrogen-bond donors (Lipinski definition) is 1. The number of nitrogens with zero attached hydrogens (tertiary/aromatic N) is 4. The SMILES string of the molecule is CCn1c(SCC(=O)N2c3ccccc3NC(=O)C2(C)C)nc2cc(S(=O)(=O)N3CCOCC3)ccc21. The van der Waals surface area contributed by atoms with Gasteiger partial charge in [0.2, 0.25) is 21.8 Å². The number of thioether (sulfide) groups is 1. The molecule has 0 unspecified atom stereocenters. The van der Waals surface area contributed by atoms with Crippen molar-refractivity contribution in [3.05, 3.63) is 42.5 Å². The summed E-state index contributed by atoms with van der Waals surface area (Å²) >= 11 is 1.27. The molecule has 2 aromatic carbocycles. The van der Waals surface area contributed by atoms with Gasteiger partial charge in [-0.25, -0.2) is 13.4 Å². The molecule has 0 spiro atoms. The molecule has 0 radical (unpaired) electrons. The quantitative estimate of drug-likeness (QED) is 0.476. The predicted octanol–water partition coefficient (Wildman–Crippen LogP) is 2.93. The van der Waals surface area contributed by atoms with Gasteiger partial charge in [0.1, 0.15) is 5.54 Å². The summed E-state index contributed by atoms with van der Waals surface area (Å²) in [6.07, 6.45) is 0. The number of carbonyl (C=O) groups is 2. The minimum absolute atomic E-state index is 0.0628. The van der Waals surface area contributed by atoms with E-state index in [1.54, 1.807) is 43.0 Å². The highest BCUT2D eigenvalue weighted by Gasteiger charge is 2.43. The van der Waals surface area contributed by atoms with E-state index in [-0.39, 0.29) is 22.5 Å². The highest BCUT2D eigenvalue weighted by atomic mass is 32.2. The predicted molar refractivity (Wildman–Crippen MR) is 142 cm³/mol. The van der Waals surface area contributed by atoms with E-state index < -0.39 is 15.6 Å². The van der Waals surface area contributed by atoms with Crippen LogP contribution < -0.4 is 10.2 Å². The van der Waals surface area contributed by atoms with Gasteiger partial charge in [0, 0.05) is 19.6 Å². The number of fused-ring (bicyclic) bond motifs is 2. The lowest BCUT2D eigenvalue weighted by Gasteiger charge is -2.42. The van der Waals surface area contributed by atoms with Gasteiger partial charge < -0.3 is 14.6 Å². The zero-order chi connectivity index (χ0) is 26.4. The second kappa shape index (κ2) is 9.75. The van der Waals surface area contributed by atoms with Crippen LogP contribution in [0.2, 0.25) is 0 Å². The fourth-order valence-corrected chi connectivity index (χ4v) is 7.05. The van der Waals surface area contributed by atoms with Gasteiger partial charge in [0.25, 0.3) is 0 Å².